The topological polar surface area (TPSA) is 69.7 Å². The summed E-state index contributed by atoms with van der Waals surface area (Å²) in [5, 5.41) is 0. The highest BCUT2D eigenvalue weighted by Crippen LogP contribution is 2.23. The number of carbonyl (C=O) groups is 3. The number of benzene rings is 1. The number of Topliss-reactive ketones (excluding diaryl/α,β-unsaturated/α-hetero) is 1. The van der Waals surface area contributed by atoms with Crippen LogP contribution >= 0.6 is 11.8 Å². The zero-order valence-electron chi connectivity index (χ0n) is 14.2. The molecule has 0 spiro atoms. The molecule has 0 unspecified atom stereocenters. The van der Waals surface area contributed by atoms with Gasteiger partial charge in [-0.05, 0) is 26.3 Å². The van der Waals surface area contributed by atoms with Crippen LogP contribution < -0.4 is 0 Å². The van der Waals surface area contributed by atoms with Crippen LogP contribution in [0.2, 0.25) is 0 Å². The molecule has 1 aromatic rings. The summed E-state index contributed by atoms with van der Waals surface area (Å²) in [4.78, 5) is 35.3. The molecule has 0 atom stereocenters. The molecule has 0 amide bonds. The quantitative estimate of drug-likeness (QED) is 0.387. The number of thioether (sulfide) groups is 1. The summed E-state index contributed by atoms with van der Waals surface area (Å²) in [6, 6.07) is 7.93. The van der Waals surface area contributed by atoms with Crippen molar-refractivity contribution in [1.29, 1.82) is 0 Å². The van der Waals surface area contributed by atoms with Crippen molar-refractivity contribution in [2.24, 2.45) is 0 Å². The molecular weight excluding hydrogens is 328 g/mol. The lowest BCUT2D eigenvalue weighted by Crippen LogP contribution is -2.16. The second-order valence-corrected chi connectivity index (χ2v) is 5.93. The molecule has 24 heavy (non-hydrogen) atoms. The first kappa shape index (κ1) is 20.0. The Morgan fingerprint density at radius 1 is 1.08 bits per heavy atom. The lowest BCUT2D eigenvalue weighted by atomic mass is 10.2. The Bertz CT molecular complexity index is 622. The van der Waals surface area contributed by atoms with Gasteiger partial charge in [-0.15, -0.1) is 11.8 Å². The van der Waals surface area contributed by atoms with Crippen LogP contribution in [0, 0.1) is 6.92 Å². The standard InChI is InChI=1S/C18H22O5S/c1-4-22-17(20)15(19)9-10-16(18(21)23-5-2)24-12-14-8-6-7-13(3)11-14/h6-8,10-11H,4-5,9,12H2,1-3H3. The molecule has 1 rings (SSSR count). The number of hydrogen-bond donors (Lipinski definition) is 0. The van der Waals surface area contributed by atoms with E-state index in [1.807, 2.05) is 31.2 Å². The zero-order chi connectivity index (χ0) is 17.9. The van der Waals surface area contributed by atoms with E-state index in [9.17, 15) is 14.4 Å². The van der Waals surface area contributed by atoms with E-state index in [-0.39, 0.29) is 19.6 Å². The summed E-state index contributed by atoms with van der Waals surface area (Å²) in [5.74, 6) is -1.50. The van der Waals surface area contributed by atoms with Crippen molar-refractivity contribution < 1.29 is 23.9 Å². The maximum Gasteiger partial charge on any atom is 0.374 e. The number of allylic oxidation sites excluding steroid dienone is 1. The molecule has 0 aliphatic heterocycles. The first-order valence-corrected chi connectivity index (χ1v) is 8.72. The monoisotopic (exact) mass is 350 g/mol. The van der Waals surface area contributed by atoms with E-state index in [2.05, 4.69) is 4.74 Å². The third kappa shape index (κ3) is 7.00. The van der Waals surface area contributed by atoms with Crippen molar-refractivity contribution in [2.75, 3.05) is 13.2 Å². The number of hydrogen-bond acceptors (Lipinski definition) is 6. The fourth-order valence-electron chi connectivity index (χ4n) is 1.85. The summed E-state index contributed by atoms with van der Waals surface area (Å²) in [6.07, 6.45) is 1.24. The van der Waals surface area contributed by atoms with Crippen molar-refractivity contribution in [3.63, 3.8) is 0 Å². The Morgan fingerprint density at radius 3 is 2.38 bits per heavy atom. The highest BCUT2D eigenvalue weighted by Gasteiger charge is 2.16. The van der Waals surface area contributed by atoms with Gasteiger partial charge < -0.3 is 9.47 Å². The van der Waals surface area contributed by atoms with Gasteiger partial charge >= 0.3 is 11.9 Å². The van der Waals surface area contributed by atoms with Gasteiger partial charge in [0, 0.05) is 12.2 Å². The van der Waals surface area contributed by atoms with E-state index in [1.165, 1.54) is 17.8 Å². The molecule has 5 nitrogen and oxygen atoms in total. The molecule has 0 fully saturated rings. The molecule has 6 heteroatoms. The van der Waals surface area contributed by atoms with Gasteiger partial charge in [-0.25, -0.2) is 9.59 Å². The fraction of sp³-hybridized carbons (Fsp3) is 0.389. The van der Waals surface area contributed by atoms with Crippen LogP contribution in [0.15, 0.2) is 35.2 Å². The smallest absolute Gasteiger partial charge is 0.374 e. The maximum absolute atomic E-state index is 12.0. The van der Waals surface area contributed by atoms with Crippen molar-refractivity contribution in [3.8, 4) is 0 Å². The number of esters is 2. The number of carbonyl (C=O) groups excluding carboxylic acids is 3. The molecule has 0 aliphatic carbocycles. The Balaban J connectivity index is 2.76. The van der Waals surface area contributed by atoms with E-state index in [0.29, 0.717) is 10.7 Å². The molecular formula is C18H22O5S. The second kappa shape index (κ2) is 10.6. The zero-order valence-corrected chi connectivity index (χ0v) is 15.0. The molecule has 0 aliphatic rings. The normalized spacial score (nSPS) is 11.0. The first-order valence-electron chi connectivity index (χ1n) is 7.73. The van der Waals surface area contributed by atoms with Crippen molar-refractivity contribution in [2.45, 2.75) is 32.9 Å². The van der Waals surface area contributed by atoms with Crippen LogP contribution in [0.3, 0.4) is 0 Å². The molecule has 0 N–H and O–H groups in total. The summed E-state index contributed by atoms with van der Waals surface area (Å²) in [6.45, 7) is 5.72. The Morgan fingerprint density at radius 2 is 1.75 bits per heavy atom. The lowest BCUT2D eigenvalue weighted by Gasteiger charge is -2.07. The first-order chi connectivity index (χ1) is 11.5. The number of ketones is 1. The van der Waals surface area contributed by atoms with Gasteiger partial charge in [0.1, 0.15) is 0 Å². The van der Waals surface area contributed by atoms with Gasteiger partial charge in [0.15, 0.2) is 0 Å². The van der Waals surface area contributed by atoms with Gasteiger partial charge in [-0.2, -0.15) is 0 Å². The Hall–Kier alpha value is -2.08. The molecule has 0 aromatic heterocycles. The minimum Gasteiger partial charge on any atom is -0.462 e. The number of rotatable bonds is 9. The van der Waals surface area contributed by atoms with Gasteiger partial charge in [-0.1, -0.05) is 35.9 Å². The Labute approximate surface area is 146 Å². The highest BCUT2D eigenvalue weighted by atomic mass is 32.2. The summed E-state index contributed by atoms with van der Waals surface area (Å²) in [7, 11) is 0. The summed E-state index contributed by atoms with van der Waals surface area (Å²) >= 11 is 1.28. The van der Waals surface area contributed by atoms with Gasteiger partial charge in [0.05, 0.1) is 18.1 Å². The second-order valence-electron chi connectivity index (χ2n) is 4.91. The lowest BCUT2D eigenvalue weighted by molar-refractivity contribution is -0.153. The van der Waals surface area contributed by atoms with E-state index in [0.717, 1.165) is 11.1 Å². The third-order valence-electron chi connectivity index (χ3n) is 2.93. The Kier molecular flexibility index (Phi) is 8.86. The van der Waals surface area contributed by atoms with Crippen LogP contribution in [0.4, 0.5) is 0 Å². The third-order valence-corrected chi connectivity index (χ3v) is 4.05. The summed E-state index contributed by atoms with van der Waals surface area (Å²) < 4.78 is 9.65. The molecule has 130 valence electrons. The van der Waals surface area contributed by atoms with E-state index in [1.54, 1.807) is 13.8 Å². The van der Waals surface area contributed by atoms with Gasteiger partial charge in [0.2, 0.25) is 5.78 Å². The highest BCUT2D eigenvalue weighted by molar-refractivity contribution is 8.03. The van der Waals surface area contributed by atoms with Gasteiger partial charge in [0.25, 0.3) is 0 Å². The van der Waals surface area contributed by atoms with E-state index >= 15 is 0 Å². The van der Waals surface area contributed by atoms with Crippen LogP contribution in [-0.2, 0) is 29.6 Å². The van der Waals surface area contributed by atoms with E-state index in [4.69, 9.17) is 4.74 Å². The predicted octanol–water partition coefficient (Wildman–Crippen LogP) is 3.20. The summed E-state index contributed by atoms with van der Waals surface area (Å²) in [5.41, 5.74) is 2.19. The van der Waals surface area contributed by atoms with Crippen molar-refractivity contribution >= 4 is 29.5 Å². The van der Waals surface area contributed by atoms with Crippen LogP contribution in [0.1, 0.15) is 31.4 Å². The van der Waals surface area contributed by atoms with E-state index < -0.39 is 17.7 Å². The SMILES string of the molecule is CCOC(=O)C(=O)CC=C(SCc1cccc(C)c1)C(=O)OCC. The van der Waals surface area contributed by atoms with Crippen LogP contribution in [0.25, 0.3) is 0 Å². The van der Waals surface area contributed by atoms with Gasteiger partial charge in [-0.3, -0.25) is 4.79 Å². The molecule has 0 heterocycles. The molecule has 1 aromatic carbocycles. The van der Waals surface area contributed by atoms with Crippen LogP contribution in [0.5, 0.6) is 0 Å². The van der Waals surface area contributed by atoms with Crippen molar-refractivity contribution in [1.82, 2.24) is 0 Å². The maximum atomic E-state index is 12.0. The largest absolute Gasteiger partial charge is 0.462 e. The number of aryl methyl sites for hydroxylation is 1. The molecule has 0 saturated heterocycles. The van der Waals surface area contributed by atoms with Crippen LogP contribution in [-0.4, -0.2) is 30.9 Å². The average Bonchev–Trinajstić information content (AvgIpc) is 2.55. The number of ether oxygens (including phenoxy) is 2. The fourth-order valence-corrected chi connectivity index (χ4v) is 2.73. The minimum atomic E-state index is -0.888. The predicted molar refractivity (Wildman–Crippen MR) is 93.4 cm³/mol. The molecule has 0 radical (unpaired) electrons. The molecule has 0 saturated carbocycles. The van der Waals surface area contributed by atoms with Crippen molar-refractivity contribution in [3.05, 3.63) is 46.4 Å². The molecule has 0 bridgehead atoms. The average molecular weight is 350 g/mol. The minimum absolute atomic E-state index is 0.140.